The van der Waals surface area contributed by atoms with E-state index in [0.29, 0.717) is 57.6 Å². The van der Waals surface area contributed by atoms with Gasteiger partial charge in [0.25, 0.3) is 0 Å². The number of aryl methyl sites for hydroxylation is 2. The summed E-state index contributed by atoms with van der Waals surface area (Å²) in [6.07, 6.45) is 4.74. The summed E-state index contributed by atoms with van der Waals surface area (Å²) in [5.74, 6) is 0.237. The number of hydrogen-bond donors (Lipinski definition) is 3. The number of pyridine rings is 1. The lowest BCUT2D eigenvalue weighted by Crippen LogP contribution is -2.60. The second-order valence-electron chi connectivity index (χ2n) is 8.99. The van der Waals surface area contributed by atoms with Crippen molar-refractivity contribution in [2.24, 2.45) is 5.73 Å². The Kier molecular flexibility index (Phi) is 7.55. The van der Waals surface area contributed by atoms with Crippen LogP contribution < -0.4 is 16.8 Å². The van der Waals surface area contributed by atoms with Crippen molar-refractivity contribution in [1.29, 1.82) is 0 Å². The van der Waals surface area contributed by atoms with E-state index < -0.39 is 11.6 Å². The van der Waals surface area contributed by atoms with Crippen LogP contribution >= 0.6 is 0 Å². The molecule has 0 bridgehead atoms. The van der Waals surface area contributed by atoms with Gasteiger partial charge in [-0.25, -0.2) is 4.98 Å². The predicted molar refractivity (Wildman–Crippen MR) is 133 cm³/mol. The maximum Gasteiger partial charge on any atom is 0.237 e. The van der Waals surface area contributed by atoms with Crippen LogP contribution in [-0.4, -0.2) is 41.5 Å². The topological polar surface area (TPSA) is 120 Å². The molecule has 2 heterocycles. The van der Waals surface area contributed by atoms with E-state index in [2.05, 4.69) is 10.3 Å². The molecule has 1 fully saturated rings. The van der Waals surface area contributed by atoms with E-state index in [-0.39, 0.29) is 11.7 Å². The van der Waals surface area contributed by atoms with Gasteiger partial charge in [0.15, 0.2) is 5.78 Å². The van der Waals surface area contributed by atoms with Crippen LogP contribution in [0.3, 0.4) is 0 Å². The van der Waals surface area contributed by atoms with Crippen LogP contribution in [0.1, 0.15) is 36.8 Å². The highest BCUT2D eigenvalue weighted by atomic mass is 16.5. The molecular weight excluding hydrogens is 428 g/mol. The van der Waals surface area contributed by atoms with E-state index >= 15 is 0 Å². The van der Waals surface area contributed by atoms with Gasteiger partial charge in [0.05, 0.1) is 6.04 Å². The monoisotopic (exact) mass is 460 g/mol. The van der Waals surface area contributed by atoms with E-state index in [1.165, 1.54) is 0 Å². The zero-order valence-corrected chi connectivity index (χ0v) is 19.3. The number of nitrogens with zero attached hydrogens (tertiary/aromatic N) is 1. The fraction of sp³-hybridized carbons (Fsp3) is 0.370. The summed E-state index contributed by atoms with van der Waals surface area (Å²) in [5.41, 5.74) is 13.4. The Bertz CT molecular complexity index is 1140. The highest BCUT2D eigenvalue weighted by molar-refractivity contribution is 5.95. The number of ether oxygens (including phenoxy) is 1. The summed E-state index contributed by atoms with van der Waals surface area (Å²) in [7, 11) is 0. The van der Waals surface area contributed by atoms with E-state index in [0.717, 1.165) is 21.9 Å². The molecule has 0 aliphatic carbocycles. The molecule has 178 valence electrons. The van der Waals surface area contributed by atoms with Gasteiger partial charge in [-0.2, -0.15) is 0 Å². The number of fused-ring (bicyclic) bond motifs is 1. The summed E-state index contributed by atoms with van der Waals surface area (Å²) >= 11 is 0. The number of benzene rings is 2. The SMILES string of the molecule is Nc1nccc2cc(CCC(=O)C3(NC(=O)[C@H](N)CCc4ccccc4)CCOCC3)ccc12. The Hall–Kier alpha value is -3.29. The summed E-state index contributed by atoms with van der Waals surface area (Å²) in [6.45, 7) is 0.876. The number of anilines is 1. The van der Waals surface area contributed by atoms with Gasteiger partial charge in [0.1, 0.15) is 11.4 Å². The van der Waals surface area contributed by atoms with Gasteiger partial charge in [-0.3, -0.25) is 9.59 Å². The van der Waals surface area contributed by atoms with E-state index in [4.69, 9.17) is 16.2 Å². The third-order valence-corrected chi connectivity index (χ3v) is 6.67. The van der Waals surface area contributed by atoms with Gasteiger partial charge in [0.2, 0.25) is 5.91 Å². The number of rotatable bonds is 9. The maximum atomic E-state index is 13.4. The summed E-state index contributed by atoms with van der Waals surface area (Å²) < 4.78 is 5.49. The molecule has 1 aliphatic rings. The fourth-order valence-corrected chi connectivity index (χ4v) is 4.52. The number of carbonyl (C=O) groups excluding carboxylic acids is 2. The number of amides is 1. The first kappa shape index (κ1) is 23.9. The molecule has 2 aromatic carbocycles. The van der Waals surface area contributed by atoms with E-state index in [1.54, 1.807) is 6.20 Å². The minimum atomic E-state index is -0.926. The second kappa shape index (κ2) is 10.8. The summed E-state index contributed by atoms with van der Waals surface area (Å²) in [4.78, 5) is 30.5. The molecule has 34 heavy (non-hydrogen) atoms. The number of carbonyl (C=O) groups is 2. The third-order valence-electron chi connectivity index (χ3n) is 6.67. The van der Waals surface area contributed by atoms with Crippen molar-refractivity contribution in [1.82, 2.24) is 10.3 Å². The standard InChI is InChI=1S/C27H32N4O3/c28-23(10-7-19-4-2-1-3-5-19)26(33)31-27(13-16-34-17-14-27)24(32)11-8-20-6-9-22-21(18-20)12-15-30-25(22)29/h1-6,9,12,15,18,23H,7-8,10-11,13-14,16-17,28H2,(H2,29,30)(H,31,33)/t23-/m1/s1. The van der Waals surface area contributed by atoms with Crippen molar-refractivity contribution in [2.75, 3.05) is 18.9 Å². The quantitative estimate of drug-likeness (QED) is 0.452. The van der Waals surface area contributed by atoms with Gasteiger partial charge in [0, 0.05) is 44.1 Å². The maximum absolute atomic E-state index is 13.4. The Morgan fingerprint density at radius 2 is 1.79 bits per heavy atom. The number of hydrogen-bond acceptors (Lipinski definition) is 6. The molecular formula is C27H32N4O3. The van der Waals surface area contributed by atoms with Crippen LogP contribution in [0, 0.1) is 0 Å². The highest BCUT2D eigenvalue weighted by Gasteiger charge is 2.41. The first-order chi connectivity index (χ1) is 16.5. The predicted octanol–water partition coefficient (Wildman–Crippen LogP) is 2.94. The minimum Gasteiger partial charge on any atom is -0.383 e. The van der Waals surface area contributed by atoms with Crippen LogP contribution in [-0.2, 0) is 27.2 Å². The number of Topliss-reactive ketones (excluding diaryl/α,β-unsaturated/α-hetero) is 1. The van der Waals surface area contributed by atoms with Crippen molar-refractivity contribution in [2.45, 2.75) is 50.1 Å². The van der Waals surface area contributed by atoms with Gasteiger partial charge in [-0.05, 0) is 41.8 Å². The molecule has 1 saturated heterocycles. The van der Waals surface area contributed by atoms with Gasteiger partial charge in [-0.15, -0.1) is 0 Å². The van der Waals surface area contributed by atoms with Crippen molar-refractivity contribution in [3.8, 4) is 0 Å². The molecule has 1 amide bonds. The third kappa shape index (κ3) is 5.61. The van der Waals surface area contributed by atoms with Crippen molar-refractivity contribution < 1.29 is 14.3 Å². The van der Waals surface area contributed by atoms with Crippen LogP contribution in [0.15, 0.2) is 60.8 Å². The molecule has 0 unspecified atom stereocenters. The normalized spacial score (nSPS) is 16.1. The number of nitrogens with one attached hydrogen (secondary N) is 1. The Morgan fingerprint density at radius 3 is 2.56 bits per heavy atom. The number of nitrogens with two attached hydrogens (primary N) is 2. The first-order valence-corrected chi connectivity index (χ1v) is 11.8. The summed E-state index contributed by atoms with van der Waals surface area (Å²) in [5, 5.41) is 4.92. The summed E-state index contributed by atoms with van der Waals surface area (Å²) in [6, 6.07) is 17.1. The smallest absolute Gasteiger partial charge is 0.237 e. The first-order valence-electron chi connectivity index (χ1n) is 11.8. The Balaban J connectivity index is 1.39. The van der Waals surface area contributed by atoms with Gasteiger partial charge < -0.3 is 21.5 Å². The zero-order valence-electron chi connectivity index (χ0n) is 19.3. The van der Waals surface area contributed by atoms with Crippen molar-refractivity contribution >= 4 is 28.3 Å². The van der Waals surface area contributed by atoms with Crippen LogP contribution in [0.2, 0.25) is 0 Å². The Morgan fingerprint density at radius 1 is 1.03 bits per heavy atom. The average molecular weight is 461 g/mol. The molecule has 1 atom stereocenters. The second-order valence-corrected chi connectivity index (χ2v) is 8.99. The largest absolute Gasteiger partial charge is 0.383 e. The lowest BCUT2D eigenvalue weighted by molar-refractivity contribution is -0.136. The molecule has 0 radical (unpaired) electrons. The highest BCUT2D eigenvalue weighted by Crippen LogP contribution is 2.26. The Labute approximate surface area is 199 Å². The average Bonchev–Trinajstić information content (AvgIpc) is 2.87. The van der Waals surface area contributed by atoms with Crippen LogP contribution in [0.25, 0.3) is 10.8 Å². The molecule has 3 aromatic rings. The van der Waals surface area contributed by atoms with E-state index in [1.807, 2.05) is 54.6 Å². The zero-order chi connectivity index (χ0) is 24.0. The molecule has 1 aliphatic heterocycles. The van der Waals surface area contributed by atoms with Crippen LogP contribution in [0.5, 0.6) is 0 Å². The lowest BCUT2D eigenvalue weighted by atomic mass is 9.82. The van der Waals surface area contributed by atoms with Crippen molar-refractivity contribution in [3.05, 3.63) is 71.9 Å². The van der Waals surface area contributed by atoms with Gasteiger partial charge in [-0.1, -0.05) is 48.5 Å². The van der Waals surface area contributed by atoms with Crippen LogP contribution in [0.4, 0.5) is 5.82 Å². The number of aromatic nitrogens is 1. The molecule has 0 saturated carbocycles. The molecule has 7 nitrogen and oxygen atoms in total. The van der Waals surface area contributed by atoms with Crippen molar-refractivity contribution in [3.63, 3.8) is 0 Å². The molecule has 4 rings (SSSR count). The fourth-order valence-electron chi connectivity index (χ4n) is 4.52. The lowest BCUT2D eigenvalue weighted by Gasteiger charge is -2.37. The molecule has 5 N–H and O–H groups in total. The molecule has 0 spiro atoms. The van der Waals surface area contributed by atoms with E-state index in [9.17, 15) is 9.59 Å². The molecule has 7 heteroatoms. The number of ketones is 1. The minimum absolute atomic E-state index is 0.0220. The number of nitrogen functional groups attached to an aromatic ring is 1. The van der Waals surface area contributed by atoms with Gasteiger partial charge >= 0.3 is 0 Å². The molecule has 1 aromatic heterocycles.